The maximum Gasteiger partial charge on any atom is 0.328 e. The Balaban J connectivity index is 2.74. The number of thiophene rings is 1. The highest BCUT2D eigenvalue weighted by Gasteiger charge is 2.23. The summed E-state index contributed by atoms with van der Waals surface area (Å²) in [6.45, 7) is 6.26. The zero-order valence-electron chi connectivity index (χ0n) is 9.32. The summed E-state index contributed by atoms with van der Waals surface area (Å²) in [5, 5.41) is 5.16. The normalized spacial score (nSPS) is 12.8. The molecule has 0 saturated heterocycles. The molecule has 0 aromatic carbocycles. The first-order valence-corrected chi connectivity index (χ1v) is 5.99. The van der Waals surface area contributed by atoms with Crippen molar-refractivity contribution in [2.45, 2.75) is 32.9 Å². The molecule has 84 valence electrons. The summed E-state index contributed by atoms with van der Waals surface area (Å²) in [4.78, 5) is 12.7. The van der Waals surface area contributed by atoms with E-state index in [1.807, 2.05) is 38.3 Å². The van der Waals surface area contributed by atoms with Gasteiger partial charge in [0.25, 0.3) is 0 Å². The fourth-order valence-electron chi connectivity index (χ4n) is 1.28. The van der Waals surface area contributed by atoms with Crippen LogP contribution >= 0.6 is 11.3 Å². The minimum Gasteiger partial charge on any atom is -0.465 e. The van der Waals surface area contributed by atoms with E-state index in [1.54, 1.807) is 11.3 Å². The first-order chi connectivity index (χ1) is 7.15. The SMILES string of the molecule is CCOC(=O)C(NC(C)C)c1cccs1. The van der Waals surface area contributed by atoms with Crippen LogP contribution in [0.3, 0.4) is 0 Å². The molecule has 0 bridgehead atoms. The van der Waals surface area contributed by atoms with E-state index in [-0.39, 0.29) is 18.1 Å². The van der Waals surface area contributed by atoms with Gasteiger partial charge in [0.1, 0.15) is 6.04 Å². The Morgan fingerprint density at radius 3 is 2.80 bits per heavy atom. The molecule has 3 nitrogen and oxygen atoms in total. The summed E-state index contributed by atoms with van der Waals surface area (Å²) in [6.07, 6.45) is 0. The number of carbonyl (C=O) groups excluding carboxylic acids is 1. The Morgan fingerprint density at radius 1 is 1.60 bits per heavy atom. The zero-order chi connectivity index (χ0) is 11.3. The van der Waals surface area contributed by atoms with Crippen molar-refractivity contribution in [1.29, 1.82) is 0 Å². The van der Waals surface area contributed by atoms with Gasteiger partial charge in [-0.1, -0.05) is 6.07 Å². The van der Waals surface area contributed by atoms with Gasteiger partial charge < -0.3 is 4.74 Å². The summed E-state index contributed by atoms with van der Waals surface area (Å²) in [5.41, 5.74) is 0. The van der Waals surface area contributed by atoms with Crippen LogP contribution < -0.4 is 5.32 Å². The molecule has 0 spiro atoms. The molecule has 1 aromatic rings. The largest absolute Gasteiger partial charge is 0.465 e. The fraction of sp³-hybridized carbons (Fsp3) is 0.545. The molecule has 15 heavy (non-hydrogen) atoms. The molecule has 1 heterocycles. The lowest BCUT2D eigenvalue weighted by molar-refractivity contribution is -0.146. The second kappa shape index (κ2) is 5.88. The predicted molar refractivity (Wildman–Crippen MR) is 62.0 cm³/mol. The smallest absolute Gasteiger partial charge is 0.328 e. The third-order valence-electron chi connectivity index (χ3n) is 1.85. The number of ether oxygens (including phenoxy) is 1. The first-order valence-electron chi connectivity index (χ1n) is 5.11. The van der Waals surface area contributed by atoms with Gasteiger partial charge in [-0.15, -0.1) is 11.3 Å². The average Bonchev–Trinajstić information content (AvgIpc) is 2.66. The number of hydrogen-bond donors (Lipinski definition) is 1. The lowest BCUT2D eigenvalue weighted by Crippen LogP contribution is -2.34. The monoisotopic (exact) mass is 227 g/mol. The van der Waals surface area contributed by atoms with Crippen LogP contribution in [-0.2, 0) is 9.53 Å². The maximum absolute atomic E-state index is 11.7. The minimum atomic E-state index is -0.329. The highest BCUT2D eigenvalue weighted by molar-refractivity contribution is 7.10. The second-order valence-electron chi connectivity index (χ2n) is 3.52. The predicted octanol–water partition coefficient (Wildman–Crippen LogP) is 2.35. The summed E-state index contributed by atoms with van der Waals surface area (Å²) in [6, 6.07) is 3.81. The molecule has 4 heteroatoms. The number of carbonyl (C=O) groups is 1. The van der Waals surface area contributed by atoms with Gasteiger partial charge in [-0.3, -0.25) is 5.32 Å². The van der Waals surface area contributed by atoms with E-state index < -0.39 is 0 Å². The minimum absolute atomic E-state index is 0.200. The third-order valence-corrected chi connectivity index (χ3v) is 2.79. The molecular formula is C11H17NO2S. The molecule has 0 radical (unpaired) electrons. The molecule has 0 saturated carbocycles. The molecule has 0 aliphatic carbocycles. The number of esters is 1. The molecule has 0 fully saturated rings. The number of nitrogens with one attached hydrogen (secondary N) is 1. The highest BCUT2D eigenvalue weighted by Crippen LogP contribution is 2.20. The standard InChI is InChI=1S/C11H17NO2S/c1-4-14-11(13)10(12-8(2)3)9-6-5-7-15-9/h5-8,10,12H,4H2,1-3H3. The van der Waals surface area contributed by atoms with Crippen molar-refractivity contribution < 1.29 is 9.53 Å². The van der Waals surface area contributed by atoms with Crippen LogP contribution in [0.1, 0.15) is 31.7 Å². The second-order valence-corrected chi connectivity index (χ2v) is 4.50. The molecule has 0 aliphatic heterocycles. The summed E-state index contributed by atoms with van der Waals surface area (Å²) >= 11 is 1.56. The van der Waals surface area contributed by atoms with Crippen LogP contribution in [-0.4, -0.2) is 18.6 Å². The van der Waals surface area contributed by atoms with Gasteiger partial charge in [0.05, 0.1) is 6.61 Å². The van der Waals surface area contributed by atoms with Crippen molar-refractivity contribution in [3.8, 4) is 0 Å². The van der Waals surface area contributed by atoms with E-state index in [9.17, 15) is 4.79 Å². The molecule has 1 atom stereocenters. The van der Waals surface area contributed by atoms with Crippen LogP contribution in [0.2, 0.25) is 0 Å². The molecule has 1 aromatic heterocycles. The summed E-state index contributed by atoms with van der Waals surface area (Å²) < 4.78 is 5.03. The van der Waals surface area contributed by atoms with E-state index >= 15 is 0 Å². The van der Waals surface area contributed by atoms with Crippen molar-refractivity contribution in [1.82, 2.24) is 5.32 Å². The Labute approximate surface area is 94.5 Å². The van der Waals surface area contributed by atoms with Crippen LogP contribution in [0.4, 0.5) is 0 Å². The average molecular weight is 227 g/mol. The van der Waals surface area contributed by atoms with Crippen molar-refractivity contribution in [3.63, 3.8) is 0 Å². The molecule has 1 rings (SSSR count). The van der Waals surface area contributed by atoms with Crippen molar-refractivity contribution in [3.05, 3.63) is 22.4 Å². The Bertz CT molecular complexity index is 296. The highest BCUT2D eigenvalue weighted by atomic mass is 32.1. The van der Waals surface area contributed by atoms with E-state index in [4.69, 9.17) is 4.74 Å². The Morgan fingerprint density at radius 2 is 2.33 bits per heavy atom. The Kier molecular flexibility index (Phi) is 4.78. The molecule has 1 unspecified atom stereocenters. The number of hydrogen-bond acceptors (Lipinski definition) is 4. The van der Waals surface area contributed by atoms with Gasteiger partial charge in [-0.25, -0.2) is 4.79 Å². The van der Waals surface area contributed by atoms with Crippen LogP contribution in [0.25, 0.3) is 0 Å². The van der Waals surface area contributed by atoms with E-state index in [0.717, 1.165) is 4.88 Å². The fourth-order valence-corrected chi connectivity index (χ4v) is 2.05. The maximum atomic E-state index is 11.7. The van der Waals surface area contributed by atoms with Crippen molar-refractivity contribution in [2.75, 3.05) is 6.61 Å². The van der Waals surface area contributed by atoms with E-state index in [2.05, 4.69) is 5.32 Å². The van der Waals surface area contributed by atoms with Crippen LogP contribution in [0.5, 0.6) is 0 Å². The lowest BCUT2D eigenvalue weighted by atomic mass is 10.2. The van der Waals surface area contributed by atoms with Crippen molar-refractivity contribution >= 4 is 17.3 Å². The summed E-state index contributed by atoms with van der Waals surface area (Å²) in [5.74, 6) is -0.200. The van der Waals surface area contributed by atoms with Gasteiger partial charge in [0.2, 0.25) is 0 Å². The van der Waals surface area contributed by atoms with E-state index in [0.29, 0.717) is 6.61 Å². The molecule has 0 aliphatic rings. The first kappa shape index (κ1) is 12.2. The molecule has 1 N–H and O–H groups in total. The van der Waals surface area contributed by atoms with E-state index in [1.165, 1.54) is 0 Å². The lowest BCUT2D eigenvalue weighted by Gasteiger charge is -2.18. The Hall–Kier alpha value is -0.870. The topological polar surface area (TPSA) is 38.3 Å². The number of rotatable bonds is 5. The van der Waals surface area contributed by atoms with Gasteiger partial charge in [-0.05, 0) is 32.2 Å². The third kappa shape index (κ3) is 3.64. The van der Waals surface area contributed by atoms with Gasteiger partial charge in [0, 0.05) is 10.9 Å². The molecule has 0 amide bonds. The van der Waals surface area contributed by atoms with Crippen LogP contribution in [0, 0.1) is 0 Å². The van der Waals surface area contributed by atoms with Gasteiger partial charge >= 0.3 is 5.97 Å². The quantitative estimate of drug-likeness (QED) is 0.785. The van der Waals surface area contributed by atoms with Gasteiger partial charge in [0.15, 0.2) is 0 Å². The molecular weight excluding hydrogens is 210 g/mol. The van der Waals surface area contributed by atoms with Crippen molar-refractivity contribution in [2.24, 2.45) is 0 Å². The zero-order valence-corrected chi connectivity index (χ0v) is 10.1. The van der Waals surface area contributed by atoms with Crippen LogP contribution in [0.15, 0.2) is 17.5 Å². The van der Waals surface area contributed by atoms with Gasteiger partial charge in [-0.2, -0.15) is 0 Å². The summed E-state index contributed by atoms with van der Waals surface area (Å²) in [7, 11) is 0.